The fourth-order valence-corrected chi connectivity index (χ4v) is 3.00. The minimum absolute atomic E-state index is 0.0580. The number of nitro benzene ring substituents is 1. The number of hydrogen-bond donors (Lipinski definition) is 2. The zero-order valence-electron chi connectivity index (χ0n) is 13.6. The summed E-state index contributed by atoms with van der Waals surface area (Å²) >= 11 is 0. The van der Waals surface area contributed by atoms with Gasteiger partial charge in [0.05, 0.1) is 4.92 Å². The van der Waals surface area contributed by atoms with Gasteiger partial charge in [-0.25, -0.2) is 0 Å². The van der Waals surface area contributed by atoms with Gasteiger partial charge in [0.1, 0.15) is 0 Å². The number of nitrogens with zero attached hydrogens (tertiary/aromatic N) is 1. The van der Waals surface area contributed by atoms with Gasteiger partial charge in [0.25, 0.3) is 11.6 Å². The quantitative estimate of drug-likeness (QED) is 0.365. The van der Waals surface area contributed by atoms with Gasteiger partial charge in [-0.1, -0.05) is 31.7 Å². The van der Waals surface area contributed by atoms with Gasteiger partial charge in [-0.05, 0) is 25.3 Å². The van der Waals surface area contributed by atoms with Gasteiger partial charge in [0, 0.05) is 36.8 Å². The first-order valence-corrected chi connectivity index (χ1v) is 8.34. The molecule has 0 atom stereocenters. The molecule has 1 aliphatic carbocycles. The second kappa shape index (κ2) is 8.62. The maximum absolute atomic E-state index is 12.2. The molecule has 2 N–H and O–H groups in total. The van der Waals surface area contributed by atoms with Gasteiger partial charge < -0.3 is 10.6 Å². The molecule has 1 aliphatic rings. The predicted octanol–water partition coefficient (Wildman–Crippen LogP) is 2.95. The summed E-state index contributed by atoms with van der Waals surface area (Å²) in [6.45, 7) is 3.03. The van der Waals surface area contributed by atoms with Crippen molar-refractivity contribution in [3.05, 3.63) is 39.4 Å². The zero-order valence-corrected chi connectivity index (χ0v) is 13.6. The zero-order chi connectivity index (χ0) is 16.7. The van der Waals surface area contributed by atoms with Crippen LogP contribution in [0.5, 0.6) is 0 Å². The summed E-state index contributed by atoms with van der Waals surface area (Å²) in [7, 11) is 0. The molecule has 0 spiro atoms. The molecule has 0 bridgehead atoms. The number of benzene rings is 1. The number of nitro groups is 1. The summed E-state index contributed by atoms with van der Waals surface area (Å²) in [4.78, 5) is 22.5. The minimum Gasteiger partial charge on any atom is -0.351 e. The van der Waals surface area contributed by atoms with Crippen molar-refractivity contribution in [3.8, 4) is 0 Å². The third-order valence-corrected chi connectivity index (χ3v) is 4.38. The van der Waals surface area contributed by atoms with Crippen LogP contribution in [-0.4, -0.2) is 30.0 Å². The molecule has 0 unspecified atom stereocenters. The van der Waals surface area contributed by atoms with Gasteiger partial charge in [0.15, 0.2) is 0 Å². The van der Waals surface area contributed by atoms with Crippen LogP contribution in [-0.2, 0) is 0 Å². The predicted molar refractivity (Wildman–Crippen MR) is 89.7 cm³/mol. The summed E-state index contributed by atoms with van der Waals surface area (Å²) < 4.78 is 0. The Morgan fingerprint density at radius 2 is 1.91 bits per heavy atom. The molecular formula is C17H25N3O3. The van der Waals surface area contributed by atoms with E-state index < -0.39 is 4.92 Å². The highest BCUT2D eigenvalue weighted by atomic mass is 16.6. The highest BCUT2D eigenvalue weighted by Gasteiger charge is 2.15. The number of amides is 1. The summed E-state index contributed by atoms with van der Waals surface area (Å²) in [5, 5.41) is 17.1. The molecule has 1 amide bonds. The van der Waals surface area contributed by atoms with Crippen molar-refractivity contribution in [2.45, 2.75) is 51.5 Å². The van der Waals surface area contributed by atoms with E-state index in [0.29, 0.717) is 18.2 Å². The van der Waals surface area contributed by atoms with Gasteiger partial charge in [-0.3, -0.25) is 14.9 Å². The molecule has 126 valence electrons. The third kappa shape index (κ3) is 5.32. The van der Waals surface area contributed by atoms with Gasteiger partial charge in [-0.15, -0.1) is 0 Å². The number of aryl methyl sites for hydroxylation is 1. The largest absolute Gasteiger partial charge is 0.351 e. The van der Waals surface area contributed by atoms with Crippen LogP contribution in [0, 0.1) is 17.0 Å². The molecule has 1 saturated carbocycles. The highest BCUT2D eigenvalue weighted by molar-refractivity contribution is 5.96. The normalized spacial score (nSPS) is 15.9. The van der Waals surface area contributed by atoms with Gasteiger partial charge >= 0.3 is 0 Å². The molecule has 2 rings (SSSR count). The van der Waals surface area contributed by atoms with Gasteiger partial charge in [-0.2, -0.15) is 0 Å². The van der Waals surface area contributed by atoms with Crippen LogP contribution >= 0.6 is 0 Å². The highest BCUT2D eigenvalue weighted by Crippen LogP contribution is 2.18. The standard InChI is InChI=1S/C17H25N3O3/c1-13-8-9-15(20(22)23)12-16(13)17(21)19-11-10-18-14-6-4-2-3-5-7-14/h8-9,12,14,18H,2-7,10-11H2,1H3,(H,19,21). The summed E-state index contributed by atoms with van der Waals surface area (Å²) in [6, 6.07) is 4.91. The number of carbonyl (C=O) groups excluding carboxylic acids is 1. The molecule has 0 aromatic heterocycles. The summed E-state index contributed by atoms with van der Waals surface area (Å²) in [5.41, 5.74) is 1.05. The minimum atomic E-state index is -0.482. The van der Waals surface area contributed by atoms with Crippen molar-refractivity contribution in [1.82, 2.24) is 10.6 Å². The first kappa shape index (κ1) is 17.4. The Labute approximate surface area is 136 Å². The summed E-state index contributed by atoms with van der Waals surface area (Å²) in [5.74, 6) is -0.256. The van der Waals surface area contributed by atoms with E-state index in [-0.39, 0.29) is 11.6 Å². The molecule has 23 heavy (non-hydrogen) atoms. The summed E-state index contributed by atoms with van der Waals surface area (Å²) in [6.07, 6.45) is 7.60. The first-order chi connectivity index (χ1) is 11.1. The lowest BCUT2D eigenvalue weighted by Gasteiger charge is -2.16. The van der Waals surface area contributed by atoms with Crippen LogP contribution in [0.2, 0.25) is 0 Å². The number of hydrogen-bond acceptors (Lipinski definition) is 4. The Hall–Kier alpha value is -1.95. The van der Waals surface area contributed by atoms with E-state index in [0.717, 1.165) is 12.1 Å². The van der Waals surface area contributed by atoms with Crippen molar-refractivity contribution in [2.24, 2.45) is 0 Å². The molecular weight excluding hydrogens is 294 g/mol. The van der Waals surface area contributed by atoms with Crippen molar-refractivity contribution in [1.29, 1.82) is 0 Å². The lowest BCUT2D eigenvalue weighted by atomic mass is 10.1. The number of rotatable bonds is 6. The maximum Gasteiger partial charge on any atom is 0.270 e. The average Bonchev–Trinajstić information content (AvgIpc) is 2.80. The topological polar surface area (TPSA) is 84.3 Å². The van der Waals surface area contributed by atoms with Crippen LogP contribution in [0.3, 0.4) is 0 Å². The SMILES string of the molecule is Cc1ccc([N+](=O)[O-])cc1C(=O)NCCNC1CCCCCC1. The van der Waals surface area contributed by atoms with Crippen LogP contribution in [0.1, 0.15) is 54.4 Å². The van der Waals surface area contributed by atoms with Crippen molar-refractivity contribution in [3.63, 3.8) is 0 Å². The molecule has 0 aliphatic heterocycles. The van der Waals surface area contributed by atoms with Crippen LogP contribution in [0.4, 0.5) is 5.69 Å². The second-order valence-corrected chi connectivity index (χ2v) is 6.15. The maximum atomic E-state index is 12.2. The second-order valence-electron chi connectivity index (χ2n) is 6.15. The molecule has 1 fully saturated rings. The van der Waals surface area contributed by atoms with Crippen molar-refractivity contribution in [2.75, 3.05) is 13.1 Å². The molecule has 0 radical (unpaired) electrons. The Bertz CT molecular complexity index is 552. The number of nitrogens with one attached hydrogen (secondary N) is 2. The van der Waals surface area contributed by atoms with E-state index in [1.54, 1.807) is 13.0 Å². The van der Waals surface area contributed by atoms with E-state index in [9.17, 15) is 14.9 Å². The van der Waals surface area contributed by atoms with E-state index in [4.69, 9.17) is 0 Å². The first-order valence-electron chi connectivity index (χ1n) is 8.34. The van der Waals surface area contributed by atoms with E-state index in [1.165, 1.54) is 50.7 Å². The van der Waals surface area contributed by atoms with Crippen LogP contribution in [0.25, 0.3) is 0 Å². The molecule has 0 heterocycles. The van der Waals surface area contributed by atoms with E-state index in [2.05, 4.69) is 10.6 Å². The van der Waals surface area contributed by atoms with E-state index >= 15 is 0 Å². The van der Waals surface area contributed by atoms with Crippen molar-refractivity contribution < 1.29 is 9.72 Å². The Kier molecular flexibility index (Phi) is 6.52. The lowest BCUT2D eigenvalue weighted by Crippen LogP contribution is -2.37. The number of carbonyl (C=O) groups is 1. The molecule has 0 saturated heterocycles. The molecule has 1 aromatic rings. The Morgan fingerprint density at radius 3 is 2.57 bits per heavy atom. The fourth-order valence-electron chi connectivity index (χ4n) is 3.00. The third-order valence-electron chi connectivity index (χ3n) is 4.38. The van der Waals surface area contributed by atoms with Crippen LogP contribution < -0.4 is 10.6 Å². The fraction of sp³-hybridized carbons (Fsp3) is 0.588. The molecule has 6 heteroatoms. The average molecular weight is 319 g/mol. The molecule has 6 nitrogen and oxygen atoms in total. The van der Waals surface area contributed by atoms with Gasteiger partial charge in [0.2, 0.25) is 0 Å². The monoisotopic (exact) mass is 319 g/mol. The smallest absolute Gasteiger partial charge is 0.270 e. The van der Waals surface area contributed by atoms with Crippen LogP contribution in [0.15, 0.2) is 18.2 Å². The van der Waals surface area contributed by atoms with E-state index in [1.807, 2.05) is 0 Å². The number of non-ortho nitro benzene ring substituents is 1. The molecule has 1 aromatic carbocycles. The van der Waals surface area contributed by atoms with Crippen molar-refractivity contribution >= 4 is 11.6 Å². The Balaban J connectivity index is 1.80. The lowest BCUT2D eigenvalue weighted by molar-refractivity contribution is -0.384. The Morgan fingerprint density at radius 1 is 1.22 bits per heavy atom.